The Labute approximate surface area is 222 Å². The third kappa shape index (κ3) is 6.44. The van der Waals surface area contributed by atoms with E-state index in [9.17, 15) is 8.42 Å². The van der Waals surface area contributed by atoms with Crippen molar-refractivity contribution in [3.05, 3.63) is 63.9 Å². The van der Waals surface area contributed by atoms with Gasteiger partial charge in [-0.05, 0) is 75.7 Å². The first kappa shape index (κ1) is 27.0. The number of ether oxygens (including phenoxy) is 3. The summed E-state index contributed by atoms with van der Waals surface area (Å²) in [5.74, 6) is 1.39. The number of halogens is 1. The molecule has 1 heterocycles. The molecule has 37 heavy (non-hydrogen) atoms. The van der Waals surface area contributed by atoms with E-state index in [-0.39, 0.29) is 23.2 Å². The van der Waals surface area contributed by atoms with E-state index in [4.69, 9.17) is 25.8 Å². The van der Waals surface area contributed by atoms with Gasteiger partial charge in [-0.3, -0.25) is 4.72 Å². The molecule has 1 aliphatic rings. The van der Waals surface area contributed by atoms with Crippen LogP contribution in [0.5, 0.6) is 17.4 Å². The van der Waals surface area contributed by atoms with Crippen molar-refractivity contribution in [3.8, 4) is 17.4 Å². The van der Waals surface area contributed by atoms with Gasteiger partial charge in [0.15, 0.2) is 11.5 Å². The van der Waals surface area contributed by atoms with Gasteiger partial charge in [-0.1, -0.05) is 23.7 Å². The Kier molecular flexibility index (Phi) is 8.41. The van der Waals surface area contributed by atoms with Crippen LogP contribution in [0.2, 0.25) is 5.02 Å². The molecule has 0 aliphatic heterocycles. The number of benzene rings is 2. The van der Waals surface area contributed by atoms with Gasteiger partial charge in [0.25, 0.3) is 15.9 Å². The molecule has 1 aliphatic carbocycles. The van der Waals surface area contributed by atoms with Gasteiger partial charge in [0.2, 0.25) is 5.82 Å². The minimum atomic E-state index is -3.98. The molecule has 1 aromatic heterocycles. The maximum Gasteiger partial charge on any atom is 0.263 e. The molecule has 0 fully saturated rings. The Morgan fingerprint density at radius 1 is 1.05 bits per heavy atom. The van der Waals surface area contributed by atoms with Gasteiger partial charge in [0.1, 0.15) is 13.2 Å². The van der Waals surface area contributed by atoms with Crippen molar-refractivity contribution in [2.24, 2.45) is 0 Å². The second kappa shape index (κ2) is 11.5. The summed E-state index contributed by atoms with van der Waals surface area (Å²) < 4.78 is 46.4. The summed E-state index contributed by atoms with van der Waals surface area (Å²) in [6.45, 7) is 3.04. The summed E-state index contributed by atoms with van der Waals surface area (Å²) in [7, 11) is 1.56. The molecule has 0 bridgehead atoms. The van der Waals surface area contributed by atoms with Gasteiger partial charge in [0.05, 0.1) is 23.4 Å². The summed E-state index contributed by atoms with van der Waals surface area (Å²) in [6.07, 6.45) is 2.41. The Morgan fingerprint density at radius 3 is 2.54 bits per heavy atom. The van der Waals surface area contributed by atoms with Crippen LogP contribution in [0, 0.1) is 6.92 Å². The Bertz CT molecular complexity index is 1380. The number of methoxy groups -OCH3 is 1. The lowest BCUT2D eigenvalue weighted by molar-refractivity contribution is 0.249. The highest BCUT2D eigenvalue weighted by molar-refractivity contribution is 7.92. The highest BCUT2D eigenvalue weighted by Gasteiger charge is 2.25. The van der Waals surface area contributed by atoms with E-state index in [1.165, 1.54) is 6.07 Å². The van der Waals surface area contributed by atoms with E-state index in [2.05, 4.69) is 14.7 Å². The average molecular weight is 547 g/mol. The van der Waals surface area contributed by atoms with Crippen LogP contribution in [-0.2, 0) is 29.5 Å². The SMILES string of the molecule is COc1ccc(COc2nc3c(nc2NS(=O)(=O)c2cccc(Cl)c2C)CCC3)cc1OCCN(C)C. The standard InChI is InChI=1S/C26H31ClN4O5S/c1-17-19(27)7-5-10-24(17)37(32,33)30-25-26(29-21-9-6-8-20(21)28-25)36-16-18-11-12-22(34-4)23(15-18)35-14-13-31(2)3/h5,7,10-12,15H,6,8-9,13-14,16H2,1-4H3,(H,28,30). The van der Waals surface area contributed by atoms with E-state index in [0.29, 0.717) is 28.7 Å². The molecule has 0 radical (unpaired) electrons. The Hall–Kier alpha value is -3.08. The van der Waals surface area contributed by atoms with Crippen LogP contribution < -0.4 is 18.9 Å². The van der Waals surface area contributed by atoms with E-state index in [1.54, 1.807) is 26.2 Å². The predicted octanol–water partition coefficient (Wildman–Crippen LogP) is 4.26. The van der Waals surface area contributed by atoms with E-state index in [1.807, 2.05) is 37.2 Å². The molecular formula is C26H31ClN4O5S. The van der Waals surface area contributed by atoms with Gasteiger partial charge in [0, 0.05) is 11.6 Å². The number of likely N-dealkylation sites (N-methyl/N-ethyl adjacent to an activating group) is 1. The third-order valence-corrected chi connectivity index (χ3v) is 7.88. The molecule has 2 aromatic carbocycles. The van der Waals surface area contributed by atoms with E-state index in [0.717, 1.165) is 42.8 Å². The van der Waals surface area contributed by atoms with Crippen LogP contribution in [-0.4, -0.2) is 57.6 Å². The molecule has 0 saturated heterocycles. The summed E-state index contributed by atoms with van der Waals surface area (Å²) in [5, 5.41) is 0.363. The number of fused-ring (bicyclic) bond motifs is 1. The zero-order valence-electron chi connectivity index (χ0n) is 21.4. The number of anilines is 1. The first-order chi connectivity index (χ1) is 17.7. The zero-order valence-corrected chi connectivity index (χ0v) is 22.9. The molecule has 198 valence electrons. The molecule has 3 aromatic rings. The number of hydrogen-bond acceptors (Lipinski definition) is 8. The van der Waals surface area contributed by atoms with E-state index >= 15 is 0 Å². The van der Waals surface area contributed by atoms with Crippen molar-refractivity contribution in [3.63, 3.8) is 0 Å². The average Bonchev–Trinajstić information content (AvgIpc) is 3.31. The third-order valence-electron chi connectivity index (χ3n) is 5.98. The van der Waals surface area contributed by atoms with Crippen molar-refractivity contribution >= 4 is 27.4 Å². The lowest BCUT2D eigenvalue weighted by Crippen LogP contribution is -2.19. The van der Waals surface area contributed by atoms with Crippen LogP contribution in [0.3, 0.4) is 0 Å². The first-order valence-corrected chi connectivity index (χ1v) is 13.8. The number of rotatable bonds is 11. The van der Waals surface area contributed by atoms with Gasteiger partial charge >= 0.3 is 0 Å². The van der Waals surface area contributed by atoms with Crippen molar-refractivity contribution < 1.29 is 22.6 Å². The molecule has 0 spiro atoms. The predicted molar refractivity (Wildman–Crippen MR) is 142 cm³/mol. The topological polar surface area (TPSA) is 103 Å². The maximum absolute atomic E-state index is 13.2. The molecule has 0 saturated carbocycles. The van der Waals surface area contributed by atoms with Crippen molar-refractivity contribution in [2.75, 3.05) is 39.1 Å². The molecule has 0 atom stereocenters. The Morgan fingerprint density at radius 2 is 1.81 bits per heavy atom. The van der Waals surface area contributed by atoms with Gasteiger partial charge < -0.3 is 19.1 Å². The van der Waals surface area contributed by atoms with Crippen LogP contribution in [0.4, 0.5) is 5.82 Å². The molecular weight excluding hydrogens is 516 g/mol. The molecule has 9 nitrogen and oxygen atoms in total. The molecule has 4 rings (SSSR count). The van der Waals surface area contributed by atoms with E-state index < -0.39 is 10.0 Å². The smallest absolute Gasteiger partial charge is 0.263 e. The number of aryl methyl sites for hydroxylation is 2. The fourth-order valence-electron chi connectivity index (χ4n) is 3.95. The van der Waals surface area contributed by atoms with Crippen LogP contribution in [0.1, 0.15) is 28.9 Å². The highest BCUT2D eigenvalue weighted by atomic mass is 35.5. The van der Waals surface area contributed by atoms with Crippen LogP contribution >= 0.6 is 11.6 Å². The fraction of sp³-hybridized carbons (Fsp3) is 0.385. The lowest BCUT2D eigenvalue weighted by Gasteiger charge is -2.16. The summed E-state index contributed by atoms with van der Waals surface area (Å²) in [4.78, 5) is 11.3. The first-order valence-electron chi connectivity index (χ1n) is 11.9. The molecule has 11 heteroatoms. The second-order valence-corrected chi connectivity index (χ2v) is 11.1. The van der Waals surface area contributed by atoms with Crippen LogP contribution in [0.25, 0.3) is 0 Å². The largest absolute Gasteiger partial charge is 0.493 e. The van der Waals surface area contributed by atoms with Crippen molar-refractivity contribution in [1.29, 1.82) is 0 Å². The molecule has 1 N–H and O–H groups in total. The number of nitrogens with zero attached hydrogens (tertiary/aromatic N) is 3. The molecule has 0 amide bonds. The minimum absolute atomic E-state index is 0.0518. The number of nitrogens with one attached hydrogen (secondary N) is 1. The monoisotopic (exact) mass is 546 g/mol. The van der Waals surface area contributed by atoms with Gasteiger partial charge in [-0.2, -0.15) is 0 Å². The summed E-state index contributed by atoms with van der Waals surface area (Å²) >= 11 is 6.16. The number of sulfonamides is 1. The minimum Gasteiger partial charge on any atom is -0.493 e. The maximum atomic E-state index is 13.2. The second-order valence-electron chi connectivity index (χ2n) is 9.02. The van der Waals surface area contributed by atoms with Gasteiger partial charge in [-0.15, -0.1) is 0 Å². The van der Waals surface area contributed by atoms with Crippen molar-refractivity contribution in [1.82, 2.24) is 14.9 Å². The number of aromatic nitrogens is 2. The highest BCUT2D eigenvalue weighted by Crippen LogP contribution is 2.32. The lowest BCUT2D eigenvalue weighted by atomic mass is 10.2. The quantitative estimate of drug-likeness (QED) is 0.380. The van der Waals surface area contributed by atoms with Crippen LogP contribution in [0.15, 0.2) is 41.3 Å². The Balaban J connectivity index is 1.58. The normalized spacial score (nSPS) is 12.9. The number of hydrogen-bond donors (Lipinski definition) is 1. The molecule has 0 unspecified atom stereocenters. The fourth-order valence-corrected chi connectivity index (χ4v) is 5.45. The summed E-state index contributed by atoms with van der Waals surface area (Å²) in [6, 6.07) is 10.3. The zero-order chi connectivity index (χ0) is 26.6. The van der Waals surface area contributed by atoms with Gasteiger partial charge in [-0.25, -0.2) is 18.4 Å². The van der Waals surface area contributed by atoms with Crippen molar-refractivity contribution in [2.45, 2.75) is 37.7 Å². The summed E-state index contributed by atoms with van der Waals surface area (Å²) in [5.41, 5.74) is 2.85.